The summed E-state index contributed by atoms with van der Waals surface area (Å²) in [5, 5.41) is 2.88. The summed E-state index contributed by atoms with van der Waals surface area (Å²) in [7, 11) is -1.67. The molecule has 6 nitrogen and oxygen atoms in total. The third kappa shape index (κ3) is 6.61. The van der Waals surface area contributed by atoms with Crippen LogP contribution in [-0.2, 0) is 21.2 Å². The number of methoxy groups -OCH3 is 1. The SMILES string of the molecule is COc1cccc(CCNC(=O)CCN(C2CCCCC2)S(C)(=O)=O)c1. The minimum atomic E-state index is -3.29. The van der Waals surface area contributed by atoms with Crippen molar-refractivity contribution in [2.45, 2.75) is 51.0 Å². The number of sulfonamides is 1. The Kier molecular flexibility index (Phi) is 7.90. The molecule has 1 aromatic carbocycles. The first-order valence-electron chi connectivity index (χ1n) is 9.26. The molecule has 1 aromatic rings. The smallest absolute Gasteiger partial charge is 0.221 e. The fourth-order valence-corrected chi connectivity index (χ4v) is 4.64. The number of hydrogen-bond acceptors (Lipinski definition) is 4. The highest BCUT2D eigenvalue weighted by atomic mass is 32.2. The Morgan fingerprint density at radius 3 is 2.65 bits per heavy atom. The summed E-state index contributed by atoms with van der Waals surface area (Å²) < 4.78 is 30.9. The monoisotopic (exact) mass is 382 g/mol. The van der Waals surface area contributed by atoms with Crippen LogP contribution in [0.25, 0.3) is 0 Å². The lowest BCUT2D eigenvalue weighted by molar-refractivity contribution is -0.121. The van der Waals surface area contributed by atoms with E-state index in [1.165, 1.54) is 17.0 Å². The van der Waals surface area contributed by atoms with E-state index < -0.39 is 10.0 Å². The Morgan fingerprint density at radius 1 is 1.27 bits per heavy atom. The average Bonchev–Trinajstić information content (AvgIpc) is 2.62. The molecule has 1 amide bonds. The summed E-state index contributed by atoms with van der Waals surface area (Å²) in [5.41, 5.74) is 1.09. The Labute approximate surface area is 157 Å². The molecule has 0 aliphatic heterocycles. The fourth-order valence-electron chi connectivity index (χ4n) is 3.46. The van der Waals surface area contributed by atoms with Gasteiger partial charge < -0.3 is 10.1 Å². The van der Waals surface area contributed by atoms with Gasteiger partial charge in [-0.1, -0.05) is 31.4 Å². The van der Waals surface area contributed by atoms with E-state index in [4.69, 9.17) is 4.74 Å². The molecule has 1 aliphatic carbocycles. The number of benzene rings is 1. The van der Waals surface area contributed by atoms with E-state index in [-0.39, 0.29) is 24.9 Å². The summed E-state index contributed by atoms with van der Waals surface area (Å²) in [6.07, 6.45) is 7.21. The second-order valence-electron chi connectivity index (χ2n) is 6.87. The molecule has 2 rings (SSSR count). The summed E-state index contributed by atoms with van der Waals surface area (Å²) >= 11 is 0. The van der Waals surface area contributed by atoms with Crippen molar-refractivity contribution in [1.82, 2.24) is 9.62 Å². The standard InChI is InChI=1S/C19H30N2O4S/c1-25-18-10-6-7-16(15-18)11-13-20-19(22)12-14-21(26(2,23)24)17-8-4-3-5-9-17/h6-7,10,15,17H,3-5,8-9,11-14H2,1-2H3,(H,20,22). The molecule has 0 spiro atoms. The molecule has 0 radical (unpaired) electrons. The van der Waals surface area contributed by atoms with Crippen LogP contribution in [0.1, 0.15) is 44.1 Å². The zero-order chi connectivity index (χ0) is 19.0. The normalized spacial score (nSPS) is 15.8. The van der Waals surface area contributed by atoms with Gasteiger partial charge in [-0.15, -0.1) is 0 Å². The molecule has 1 saturated carbocycles. The fraction of sp³-hybridized carbons (Fsp3) is 0.632. The maximum atomic E-state index is 12.1. The van der Waals surface area contributed by atoms with E-state index in [2.05, 4.69) is 5.32 Å². The maximum Gasteiger partial charge on any atom is 0.221 e. The van der Waals surface area contributed by atoms with Crippen LogP contribution >= 0.6 is 0 Å². The molecule has 0 atom stereocenters. The molecule has 7 heteroatoms. The topological polar surface area (TPSA) is 75.7 Å². The Hall–Kier alpha value is -1.60. The van der Waals surface area contributed by atoms with Gasteiger partial charge in [0, 0.05) is 25.6 Å². The molecule has 146 valence electrons. The summed E-state index contributed by atoms with van der Waals surface area (Å²) in [4.78, 5) is 12.1. The molecule has 1 fully saturated rings. The van der Waals surface area contributed by atoms with Crippen molar-refractivity contribution < 1.29 is 17.9 Å². The zero-order valence-corrected chi connectivity index (χ0v) is 16.6. The number of amides is 1. The molecule has 1 aliphatic rings. The summed E-state index contributed by atoms with van der Waals surface area (Å²) in [5.74, 6) is 0.683. The van der Waals surface area contributed by atoms with E-state index in [0.29, 0.717) is 13.0 Å². The molecule has 0 saturated heterocycles. The molecule has 0 bridgehead atoms. The number of carbonyl (C=O) groups is 1. The van der Waals surface area contributed by atoms with Gasteiger partial charge in [0.05, 0.1) is 13.4 Å². The third-order valence-electron chi connectivity index (χ3n) is 4.84. The largest absolute Gasteiger partial charge is 0.497 e. The molecule has 26 heavy (non-hydrogen) atoms. The number of rotatable bonds is 9. The minimum Gasteiger partial charge on any atom is -0.497 e. The van der Waals surface area contributed by atoms with Gasteiger partial charge in [0.1, 0.15) is 5.75 Å². The maximum absolute atomic E-state index is 12.1. The van der Waals surface area contributed by atoms with E-state index in [9.17, 15) is 13.2 Å². The Balaban J connectivity index is 1.78. The third-order valence-corrected chi connectivity index (χ3v) is 6.17. The second kappa shape index (κ2) is 9.92. The number of nitrogens with one attached hydrogen (secondary N) is 1. The van der Waals surface area contributed by atoms with Crippen LogP contribution in [0, 0.1) is 0 Å². The average molecular weight is 383 g/mol. The minimum absolute atomic E-state index is 0.0448. The molecular weight excluding hydrogens is 352 g/mol. The Bertz CT molecular complexity index is 685. The highest BCUT2D eigenvalue weighted by Crippen LogP contribution is 2.24. The predicted molar refractivity (Wildman–Crippen MR) is 103 cm³/mol. The van der Waals surface area contributed by atoms with Crippen molar-refractivity contribution in [3.63, 3.8) is 0 Å². The second-order valence-corrected chi connectivity index (χ2v) is 8.80. The van der Waals surface area contributed by atoms with Gasteiger partial charge in [0.2, 0.25) is 15.9 Å². The number of nitrogens with zero attached hydrogens (tertiary/aromatic N) is 1. The van der Waals surface area contributed by atoms with Gasteiger partial charge in [-0.05, 0) is 37.0 Å². The zero-order valence-electron chi connectivity index (χ0n) is 15.7. The van der Waals surface area contributed by atoms with E-state index >= 15 is 0 Å². The van der Waals surface area contributed by atoms with E-state index in [0.717, 1.165) is 37.0 Å². The van der Waals surface area contributed by atoms with Crippen molar-refractivity contribution in [3.05, 3.63) is 29.8 Å². The highest BCUT2D eigenvalue weighted by molar-refractivity contribution is 7.88. The lowest BCUT2D eigenvalue weighted by Crippen LogP contribution is -2.42. The highest BCUT2D eigenvalue weighted by Gasteiger charge is 2.28. The summed E-state index contributed by atoms with van der Waals surface area (Å²) in [6.45, 7) is 0.781. The van der Waals surface area contributed by atoms with Crippen molar-refractivity contribution >= 4 is 15.9 Å². The van der Waals surface area contributed by atoms with Gasteiger partial charge in [0.25, 0.3) is 0 Å². The lowest BCUT2D eigenvalue weighted by atomic mass is 9.95. The van der Waals surface area contributed by atoms with Crippen molar-refractivity contribution in [2.75, 3.05) is 26.5 Å². The Morgan fingerprint density at radius 2 is 2.00 bits per heavy atom. The number of carbonyl (C=O) groups excluding carboxylic acids is 1. The number of hydrogen-bond donors (Lipinski definition) is 1. The quantitative estimate of drug-likeness (QED) is 0.711. The van der Waals surface area contributed by atoms with Gasteiger partial charge in [0.15, 0.2) is 0 Å². The molecule has 0 unspecified atom stereocenters. The van der Waals surface area contributed by atoms with Crippen molar-refractivity contribution in [2.24, 2.45) is 0 Å². The predicted octanol–water partition coefficient (Wildman–Crippen LogP) is 2.34. The van der Waals surface area contributed by atoms with Crippen LogP contribution in [0.3, 0.4) is 0 Å². The lowest BCUT2D eigenvalue weighted by Gasteiger charge is -2.32. The van der Waals surface area contributed by atoms with E-state index in [1.54, 1.807) is 7.11 Å². The van der Waals surface area contributed by atoms with E-state index in [1.807, 2.05) is 24.3 Å². The van der Waals surface area contributed by atoms with Crippen LogP contribution in [0.5, 0.6) is 5.75 Å². The molecule has 1 N–H and O–H groups in total. The van der Waals surface area contributed by atoms with Crippen molar-refractivity contribution in [3.8, 4) is 5.75 Å². The first-order chi connectivity index (χ1) is 12.4. The van der Waals surface area contributed by atoms with Crippen LogP contribution in [-0.4, -0.2) is 51.1 Å². The van der Waals surface area contributed by atoms with Crippen LogP contribution in [0.2, 0.25) is 0 Å². The van der Waals surface area contributed by atoms with Crippen LogP contribution in [0.4, 0.5) is 0 Å². The van der Waals surface area contributed by atoms with Crippen molar-refractivity contribution in [1.29, 1.82) is 0 Å². The van der Waals surface area contributed by atoms with Gasteiger partial charge in [-0.3, -0.25) is 4.79 Å². The molecular formula is C19H30N2O4S. The first-order valence-corrected chi connectivity index (χ1v) is 11.1. The van der Waals surface area contributed by atoms with Crippen LogP contribution < -0.4 is 10.1 Å². The van der Waals surface area contributed by atoms with Gasteiger partial charge >= 0.3 is 0 Å². The van der Waals surface area contributed by atoms with Gasteiger partial charge in [-0.25, -0.2) is 8.42 Å². The van der Waals surface area contributed by atoms with Gasteiger partial charge in [-0.2, -0.15) is 4.31 Å². The molecule has 0 aromatic heterocycles. The first kappa shape index (κ1) is 20.7. The summed E-state index contributed by atoms with van der Waals surface area (Å²) in [6, 6.07) is 7.78. The van der Waals surface area contributed by atoms with Crippen LogP contribution in [0.15, 0.2) is 24.3 Å². The number of ether oxygens (including phenoxy) is 1. The molecule has 0 heterocycles.